The molecule has 1 aliphatic rings. The Balaban J connectivity index is 2.36. The average Bonchev–Trinajstić information content (AvgIpc) is 2.94. The van der Waals surface area contributed by atoms with Gasteiger partial charge in [-0.2, -0.15) is 0 Å². The van der Waals surface area contributed by atoms with Gasteiger partial charge in [-0.15, -0.1) is 10.2 Å². The molecule has 0 amide bonds. The van der Waals surface area contributed by atoms with Crippen molar-refractivity contribution in [3.8, 4) is 0 Å². The van der Waals surface area contributed by atoms with Gasteiger partial charge in [-0.1, -0.05) is 0 Å². The largest absolute Gasteiger partial charge is 0.465 e. The van der Waals surface area contributed by atoms with Gasteiger partial charge in [0.1, 0.15) is 11.7 Å². The standard InChI is InChI=1S/C12H20N4O4S/c1-4-20-11(17)9(8-5-6-21(18,19)7-8)10-14-15-12(13-2)16(10)3/h8-9H,4-7H2,1-3H3,(H,13,15). The Morgan fingerprint density at radius 2 is 2.24 bits per heavy atom. The van der Waals surface area contributed by atoms with Gasteiger partial charge in [0.2, 0.25) is 5.95 Å². The third-order valence-electron chi connectivity index (χ3n) is 3.69. The lowest BCUT2D eigenvalue weighted by Crippen LogP contribution is -2.27. The van der Waals surface area contributed by atoms with Crippen molar-refractivity contribution in [3.05, 3.63) is 5.82 Å². The molecule has 0 bridgehead atoms. The van der Waals surface area contributed by atoms with Gasteiger partial charge in [-0.25, -0.2) is 8.42 Å². The first-order valence-corrected chi connectivity index (χ1v) is 8.65. The molecule has 9 heteroatoms. The third kappa shape index (κ3) is 3.17. The quantitative estimate of drug-likeness (QED) is 0.759. The van der Waals surface area contributed by atoms with Crippen LogP contribution in [0.5, 0.6) is 0 Å². The van der Waals surface area contributed by atoms with Crippen LogP contribution in [0.25, 0.3) is 0 Å². The van der Waals surface area contributed by atoms with E-state index >= 15 is 0 Å². The Hall–Kier alpha value is -1.64. The minimum atomic E-state index is -3.09. The third-order valence-corrected chi connectivity index (χ3v) is 5.48. The summed E-state index contributed by atoms with van der Waals surface area (Å²) in [5, 5.41) is 10.9. The summed E-state index contributed by atoms with van der Waals surface area (Å²) in [5.74, 6) is -0.441. The maximum absolute atomic E-state index is 12.3. The second kappa shape index (κ2) is 6.00. The molecule has 1 saturated heterocycles. The summed E-state index contributed by atoms with van der Waals surface area (Å²) < 4.78 is 30.2. The number of ether oxygens (including phenoxy) is 1. The number of hydrogen-bond acceptors (Lipinski definition) is 7. The summed E-state index contributed by atoms with van der Waals surface area (Å²) in [6.45, 7) is 1.96. The molecule has 0 radical (unpaired) electrons. The van der Waals surface area contributed by atoms with Crippen LogP contribution in [0.15, 0.2) is 0 Å². The van der Waals surface area contributed by atoms with Gasteiger partial charge in [0.15, 0.2) is 9.84 Å². The molecular weight excluding hydrogens is 296 g/mol. The molecule has 0 spiro atoms. The molecule has 2 heterocycles. The summed E-state index contributed by atoms with van der Waals surface area (Å²) >= 11 is 0. The summed E-state index contributed by atoms with van der Waals surface area (Å²) in [6.07, 6.45) is 0.438. The van der Waals surface area contributed by atoms with Crippen molar-refractivity contribution in [3.63, 3.8) is 0 Å². The van der Waals surface area contributed by atoms with Gasteiger partial charge in [0, 0.05) is 14.1 Å². The Labute approximate surface area is 123 Å². The second-order valence-electron chi connectivity index (χ2n) is 5.08. The fourth-order valence-corrected chi connectivity index (χ4v) is 4.50. The Bertz CT molecular complexity index is 625. The number of carbonyl (C=O) groups excluding carboxylic acids is 1. The van der Waals surface area contributed by atoms with E-state index in [-0.39, 0.29) is 24.0 Å². The van der Waals surface area contributed by atoms with E-state index in [1.165, 1.54) is 0 Å². The fraction of sp³-hybridized carbons (Fsp3) is 0.750. The van der Waals surface area contributed by atoms with E-state index in [0.29, 0.717) is 18.2 Å². The number of carbonyl (C=O) groups is 1. The van der Waals surface area contributed by atoms with Crippen LogP contribution < -0.4 is 5.32 Å². The zero-order valence-electron chi connectivity index (χ0n) is 12.4. The topological polar surface area (TPSA) is 103 Å². The average molecular weight is 316 g/mol. The van der Waals surface area contributed by atoms with Gasteiger partial charge < -0.3 is 10.1 Å². The first-order valence-electron chi connectivity index (χ1n) is 6.83. The smallest absolute Gasteiger partial charge is 0.317 e. The second-order valence-corrected chi connectivity index (χ2v) is 7.31. The summed E-state index contributed by atoms with van der Waals surface area (Å²) in [7, 11) is 0.345. The highest BCUT2D eigenvalue weighted by Gasteiger charge is 2.41. The van der Waals surface area contributed by atoms with Crippen molar-refractivity contribution in [2.75, 3.05) is 30.5 Å². The number of esters is 1. The molecule has 0 aliphatic carbocycles. The summed E-state index contributed by atoms with van der Waals surface area (Å²) in [6, 6.07) is 0. The van der Waals surface area contributed by atoms with E-state index in [1.807, 2.05) is 0 Å². The van der Waals surface area contributed by atoms with E-state index < -0.39 is 21.7 Å². The van der Waals surface area contributed by atoms with Crippen LogP contribution in [0.1, 0.15) is 25.1 Å². The van der Waals surface area contributed by atoms with Gasteiger partial charge >= 0.3 is 5.97 Å². The minimum absolute atomic E-state index is 0.0156. The Kier molecular flexibility index (Phi) is 4.50. The molecule has 118 valence electrons. The zero-order chi connectivity index (χ0) is 15.6. The van der Waals surface area contributed by atoms with E-state index in [1.54, 1.807) is 25.6 Å². The SMILES string of the molecule is CCOC(=O)C(c1nnc(NC)n1C)C1CCS(=O)(=O)C1. The summed E-state index contributed by atoms with van der Waals surface area (Å²) in [4.78, 5) is 12.3. The molecule has 1 N–H and O–H groups in total. The molecule has 1 aromatic heterocycles. The lowest BCUT2D eigenvalue weighted by molar-refractivity contribution is -0.146. The van der Waals surface area contributed by atoms with Crippen molar-refractivity contribution >= 4 is 21.8 Å². The number of nitrogens with zero attached hydrogens (tertiary/aromatic N) is 3. The highest BCUT2D eigenvalue weighted by Crippen LogP contribution is 2.34. The molecule has 8 nitrogen and oxygen atoms in total. The van der Waals surface area contributed by atoms with Gasteiger partial charge in [0.25, 0.3) is 0 Å². The monoisotopic (exact) mass is 316 g/mol. The number of hydrogen-bond donors (Lipinski definition) is 1. The van der Waals surface area contributed by atoms with E-state index in [4.69, 9.17) is 4.74 Å². The van der Waals surface area contributed by atoms with Crippen molar-refractivity contribution in [1.82, 2.24) is 14.8 Å². The molecule has 1 aliphatic heterocycles. The molecule has 1 fully saturated rings. The van der Waals surface area contributed by atoms with Crippen molar-refractivity contribution in [1.29, 1.82) is 0 Å². The van der Waals surface area contributed by atoms with E-state index in [9.17, 15) is 13.2 Å². The first-order chi connectivity index (χ1) is 9.89. The summed E-state index contributed by atoms with van der Waals surface area (Å²) in [5.41, 5.74) is 0. The van der Waals surface area contributed by atoms with Gasteiger partial charge in [0.05, 0.1) is 18.1 Å². The highest BCUT2D eigenvalue weighted by molar-refractivity contribution is 7.91. The highest BCUT2D eigenvalue weighted by atomic mass is 32.2. The molecule has 1 aromatic rings. The number of nitrogens with one attached hydrogen (secondary N) is 1. The van der Waals surface area contributed by atoms with E-state index in [2.05, 4.69) is 15.5 Å². The minimum Gasteiger partial charge on any atom is -0.465 e. The normalized spacial score (nSPS) is 22.0. The maximum atomic E-state index is 12.3. The maximum Gasteiger partial charge on any atom is 0.317 e. The van der Waals surface area contributed by atoms with Crippen LogP contribution in [-0.2, 0) is 26.4 Å². The lowest BCUT2D eigenvalue weighted by Gasteiger charge is -2.20. The van der Waals surface area contributed by atoms with Crippen LogP contribution >= 0.6 is 0 Å². The van der Waals surface area contributed by atoms with Crippen molar-refractivity contribution < 1.29 is 17.9 Å². The molecule has 2 unspecified atom stereocenters. The molecule has 2 atom stereocenters. The van der Waals surface area contributed by atoms with Gasteiger partial charge in [-0.3, -0.25) is 9.36 Å². The number of anilines is 1. The predicted octanol–water partition coefficient (Wildman–Crippen LogP) is -0.0618. The van der Waals surface area contributed by atoms with Crippen molar-refractivity contribution in [2.24, 2.45) is 13.0 Å². The fourth-order valence-electron chi connectivity index (χ4n) is 2.66. The van der Waals surface area contributed by atoms with Crippen LogP contribution in [0.3, 0.4) is 0 Å². The van der Waals surface area contributed by atoms with Crippen LogP contribution in [-0.4, -0.2) is 54.3 Å². The molecule has 0 aromatic carbocycles. The number of aromatic nitrogens is 3. The lowest BCUT2D eigenvalue weighted by atomic mass is 9.91. The number of rotatable bonds is 5. The molecule has 0 saturated carbocycles. The Morgan fingerprint density at radius 1 is 1.52 bits per heavy atom. The Morgan fingerprint density at radius 3 is 2.71 bits per heavy atom. The van der Waals surface area contributed by atoms with Gasteiger partial charge in [-0.05, 0) is 19.3 Å². The van der Waals surface area contributed by atoms with Crippen LogP contribution in [0, 0.1) is 5.92 Å². The zero-order valence-corrected chi connectivity index (χ0v) is 13.2. The first kappa shape index (κ1) is 15.7. The van der Waals surface area contributed by atoms with Crippen LogP contribution in [0.2, 0.25) is 0 Å². The number of sulfone groups is 1. The molecule has 21 heavy (non-hydrogen) atoms. The molecule has 2 rings (SSSR count). The predicted molar refractivity (Wildman–Crippen MR) is 76.7 cm³/mol. The van der Waals surface area contributed by atoms with E-state index in [0.717, 1.165) is 0 Å². The van der Waals surface area contributed by atoms with Crippen LogP contribution in [0.4, 0.5) is 5.95 Å². The molecular formula is C12H20N4O4S. The van der Waals surface area contributed by atoms with Crippen molar-refractivity contribution in [2.45, 2.75) is 19.3 Å².